The average Bonchev–Trinajstić information content (AvgIpc) is 2.75. The molecule has 0 amide bonds. The van der Waals surface area contributed by atoms with E-state index in [4.69, 9.17) is 0 Å². The second-order valence-corrected chi connectivity index (χ2v) is 8.72. The topological polar surface area (TPSA) is 9.23 Å². The van der Waals surface area contributed by atoms with Gasteiger partial charge in [-0.15, -0.1) is 13.2 Å². The molecule has 2 aliphatic rings. The summed E-state index contributed by atoms with van der Waals surface area (Å²) in [7, 11) is 0. The molecule has 4 rings (SSSR count). The van der Waals surface area contributed by atoms with E-state index in [9.17, 15) is 30.7 Å². The van der Waals surface area contributed by atoms with Gasteiger partial charge in [-0.2, -0.15) is 0 Å². The predicted octanol–water partition coefficient (Wildman–Crippen LogP) is 7.63. The van der Waals surface area contributed by atoms with Gasteiger partial charge in [0.1, 0.15) is 12.3 Å². The smallest absolute Gasteiger partial charge is 0.399 e. The van der Waals surface area contributed by atoms with Crippen LogP contribution in [0.2, 0.25) is 0 Å². The molecule has 1 fully saturated rings. The molecule has 0 radical (unpaired) electrons. The quantitative estimate of drug-likeness (QED) is 0.416. The Balaban J connectivity index is 1.54. The fourth-order valence-corrected chi connectivity index (χ4v) is 4.92. The average molecular weight is 472 g/mol. The van der Waals surface area contributed by atoms with E-state index in [2.05, 4.69) is 4.74 Å². The molecule has 2 aromatic rings. The zero-order valence-corrected chi connectivity index (χ0v) is 17.9. The van der Waals surface area contributed by atoms with Gasteiger partial charge >= 0.3 is 6.36 Å². The lowest BCUT2D eigenvalue weighted by atomic mass is 9.75. The molecular formula is C25H23F7O. The van der Waals surface area contributed by atoms with Crippen LogP contribution in [0, 0.1) is 17.6 Å². The normalized spacial score (nSPS) is 25.4. The van der Waals surface area contributed by atoms with Crippen LogP contribution in [-0.2, 0) is 12.8 Å². The van der Waals surface area contributed by atoms with Crippen LogP contribution < -0.4 is 4.74 Å². The lowest BCUT2D eigenvalue weighted by molar-refractivity contribution is -0.276. The molecule has 0 bridgehead atoms. The highest BCUT2D eigenvalue weighted by Gasteiger charge is 2.39. The van der Waals surface area contributed by atoms with Crippen molar-refractivity contribution >= 4 is 5.57 Å². The standard InChI is InChI=1S/C25H23F7O/c1-2-13-9-19(26)22(20(27)10-13)15-5-3-14(4-6-15)16-7-8-18-17(11-16)12-21(28)24(23(18)29)33-25(30,31)32/h3-7,12-13,19-20,22H,2,8-11H2,1H3. The number of alkyl halides is 5. The lowest BCUT2D eigenvalue weighted by Crippen LogP contribution is -2.33. The van der Waals surface area contributed by atoms with Crippen LogP contribution in [0.5, 0.6) is 5.75 Å². The molecule has 0 N–H and O–H groups in total. The fourth-order valence-electron chi connectivity index (χ4n) is 4.92. The van der Waals surface area contributed by atoms with E-state index >= 15 is 0 Å². The minimum atomic E-state index is -5.21. The third kappa shape index (κ3) is 4.89. The molecular weight excluding hydrogens is 449 g/mol. The number of hydrogen-bond donors (Lipinski definition) is 0. The molecule has 0 aliphatic heterocycles. The van der Waals surface area contributed by atoms with Gasteiger partial charge in [-0.05, 0) is 65.5 Å². The number of benzene rings is 2. The van der Waals surface area contributed by atoms with Crippen LogP contribution in [0.15, 0.2) is 36.4 Å². The van der Waals surface area contributed by atoms with Gasteiger partial charge in [0.15, 0.2) is 11.6 Å². The van der Waals surface area contributed by atoms with Crippen molar-refractivity contribution in [3.63, 3.8) is 0 Å². The molecule has 2 atom stereocenters. The Hall–Kier alpha value is -2.51. The maximum absolute atomic E-state index is 14.6. The Labute approximate surface area is 187 Å². The first-order chi connectivity index (χ1) is 15.6. The van der Waals surface area contributed by atoms with Crippen molar-refractivity contribution < 1.29 is 35.5 Å². The summed E-state index contributed by atoms with van der Waals surface area (Å²) in [6.07, 6.45) is -4.59. The maximum atomic E-state index is 14.6. The predicted molar refractivity (Wildman–Crippen MR) is 110 cm³/mol. The second kappa shape index (κ2) is 9.03. The first-order valence-electron chi connectivity index (χ1n) is 10.9. The van der Waals surface area contributed by atoms with Crippen LogP contribution in [0.3, 0.4) is 0 Å². The highest BCUT2D eigenvalue weighted by molar-refractivity contribution is 5.71. The van der Waals surface area contributed by atoms with E-state index in [0.29, 0.717) is 24.0 Å². The third-order valence-corrected chi connectivity index (χ3v) is 6.66. The van der Waals surface area contributed by atoms with E-state index in [1.54, 1.807) is 30.3 Å². The maximum Gasteiger partial charge on any atom is 0.573 e. The Morgan fingerprint density at radius 3 is 2.21 bits per heavy atom. The molecule has 0 spiro atoms. The van der Waals surface area contributed by atoms with Crippen LogP contribution in [0.4, 0.5) is 30.7 Å². The SMILES string of the molecule is CCC1CC(F)C(c2ccc(C3=CCc4c(cc(F)c(OC(F)(F)F)c4F)C3)cc2)C(F)C1. The van der Waals surface area contributed by atoms with Crippen molar-refractivity contribution in [2.75, 3.05) is 0 Å². The highest BCUT2D eigenvalue weighted by atomic mass is 19.4. The van der Waals surface area contributed by atoms with E-state index in [0.717, 1.165) is 18.1 Å². The monoisotopic (exact) mass is 472 g/mol. The summed E-state index contributed by atoms with van der Waals surface area (Å²) < 4.78 is 98.8. The van der Waals surface area contributed by atoms with Gasteiger partial charge in [0, 0.05) is 5.92 Å². The van der Waals surface area contributed by atoms with Crippen molar-refractivity contribution in [3.05, 3.63) is 70.3 Å². The summed E-state index contributed by atoms with van der Waals surface area (Å²) >= 11 is 0. The molecule has 2 unspecified atom stereocenters. The van der Waals surface area contributed by atoms with Crippen LogP contribution in [-0.4, -0.2) is 18.7 Å². The van der Waals surface area contributed by atoms with Crippen LogP contribution in [0.25, 0.3) is 5.57 Å². The third-order valence-electron chi connectivity index (χ3n) is 6.66. The molecule has 1 saturated carbocycles. The molecule has 178 valence electrons. The number of hydrogen-bond acceptors (Lipinski definition) is 1. The van der Waals surface area contributed by atoms with Crippen LogP contribution >= 0.6 is 0 Å². The number of ether oxygens (including phenoxy) is 1. The Bertz CT molecular complexity index is 1030. The van der Waals surface area contributed by atoms with Crippen molar-refractivity contribution in [2.24, 2.45) is 5.92 Å². The summed E-state index contributed by atoms with van der Waals surface area (Å²) in [6.45, 7) is 1.93. The van der Waals surface area contributed by atoms with Gasteiger partial charge in [0.25, 0.3) is 0 Å². The Morgan fingerprint density at radius 1 is 1.00 bits per heavy atom. The Morgan fingerprint density at radius 2 is 1.64 bits per heavy atom. The molecule has 2 aliphatic carbocycles. The molecule has 2 aromatic carbocycles. The molecule has 0 heterocycles. The fraction of sp³-hybridized carbons (Fsp3) is 0.440. The van der Waals surface area contributed by atoms with Gasteiger partial charge in [-0.25, -0.2) is 17.6 Å². The molecule has 1 nitrogen and oxygen atoms in total. The van der Waals surface area contributed by atoms with Crippen molar-refractivity contribution in [2.45, 2.75) is 63.7 Å². The summed E-state index contributed by atoms with van der Waals surface area (Å²) in [5.41, 5.74) is 2.18. The minimum absolute atomic E-state index is 0.0348. The van der Waals surface area contributed by atoms with Crippen molar-refractivity contribution in [1.82, 2.24) is 0 Å². The van der Waals surface area contributed by atoms with Gasteiger partial charge in [0.05, 0.1) is 0 Å². The van der Waals surface area contributed by atoms with Crippen molar-refractivity contribution in [3.8, 4) is 5.75 Å². The van der Waals surface area contributed by atoms with Gasteiger partial charge in [-0.1, -0.05) is 43.7 Å². The van der Waals surface area contributed by atoms with E-state index < -0.39 is 42.0 Å². The molecule has 0 saturated heterocycles. The number of fused-ring (bicyclic) bond motifs is 1. The number of halogens is 7. The first kappa shape index (κ1) is 23.6. The van der Waals surface area contributed by atoms with E-state index in [1.165, 1.54) is 0 Å². The Kier molecular flexibility index (Phi) is 6.47. The molecule has 8 heteroatoms. The molecule has 0 aromatic heterocycles. The summed E-state index contributed by atoms with van der Waals surface area (Å²) in [5, 5.41) is 0. The second-order valence-electron chi connectivity index (χ2n) is 8.72. The molecule has 33 heavy (non-hydrogen) atoms. The van der Waals surface area contributed by atoms with Gasteiger partial charge in [0.2, 0.25) is 5.75 Å². The zero-order chi connectivity index (χ0) is 23.9. The largest absolute Gasteiger partial charge is 0.573 e. The first-order valence-corrected chi connectivity index (χ1v) is 10.9. The van der Waals surface area contributed by atoms with Gasteiger partial charge < -0.3 is 4.74 Å². The van der Waals surface area contributed by atoms with Gasteiger partial charge in [-0.3, -0.25) is 0 Å². The lowest BCUT2D eigenvalue weighted by Gasteiger charge is -2.34. The van der Waals surface area contributed by atoms with Crippen molar-refractivity contribution in [1.29, 1.82) is 0 Å². The van der Waals surface area contributed by atoms with E-state index in [1.807, 2.05) is 6.92 Å². The summed E-state index contributed by atoms with van der Waals surface area (Å²) in [6, 6.07) is 7.62. The summed E-state index contributed by atoms with van der Waals surface area (Å²) in [5.74, 6) is -5.02. The highest BCUT2D eigenvalue weighted by Crippen LogP contribution is 2.42. The van der Waals surface area contributed by atoms with Crippen LogP contribution in [0.1, 0.15) is 54.4 Å². The number of rotatable bonds is 4. The minimum Gasteiger partial charge on any atom is -0.399 e. The zero-order valence-electron chi connectivity index (χ0n) is 17.9. The summed E-state index contributed by atoms with van der Waals surface area (Å²) in [4.78, 5) is 0. The van der Waals surface area contributed by atoms with E-state index in [-0.39, 0.29) is 29.9 Å². The number of allylic oxidation sites excluding steroid dienone is 2.